The van der Waals surface area contributed by atoms with Gasteiger partial charge in [-0.15, -0.1) is 0 Å². The van der Waals surface area contributed by atoms with Crippen LogP contribution in [-0.2, 0) is 62.4 Å². The monoisotopic (exact) mass is 1370 g/mol. The fourth-order valence-electron chi connectivity index (χ4n) is 9.16. The smallest absolute Gasteiger partial charge is 0.326 e. The van der Waals surface area contributed by atoms with Gasteiger partial charge >= 0.3 is 5.97 Å². The number of carboxylic acids is 1. The van der Waals surface area contributed by atoms with E-state index < -0.39 is 108 Å². The maximum atomic E-state index is 14.9. The first-order valence-corrected chi connectivity index (χ1v) is 30.8. The van der Waals surface area contributed by atoms with E-state index in [-0.39, 0.29) is 165 Å². The van der Waals surface area contributed by atoms with Crippen LogP contribution in [0.2, 0.25) is 0 Å². The highest BCUT2D eigenvalue weighted by Crippen LogP contribution is 2.12. The quantitative estimate of drug-likeness (QED) is 0.0142. The summed E-state index contributed by atoms with van der Waals surface area (Å²) < 4.78 is 0. The summed E-state index contributed by atoms with van der Waals surface area (Å²) in [6.45, 7) is 0.178. The fourth-order valence-corrected chi connectivity index (χ4v) is 9.16. The van der Waals surface area contributed by atoms with E-state index in [0.717, 1.165) is 0 Å². The second-order valence-electron chi connectivity index (χ2n) is 22.0. The first-order chi connectivity index (χ1) is 46.1. The Kier molecular flexibility index (Phi) is 35.6. The van der Waals surface area contributed by atoms with E-state index in [2.05, 4.69) is 102 Å². The number of aliphatic imine (C=N–C) groups is 6. The summed E-state index contributed by atoms with van der Waals surface area (Å²) in [4.78, 5) is 172. The van der Waals surface area contributed by atoms with Crippen molar-refractivity contribution in [2.24, 2.45) is 104 Å². The predicted molar refractivity (Wildman–Crippen MR) is 357 cm³/mol. The Morgan fingerprint density at radius 1 is 0.330 bits per heavy atom. The molecule has 0 fully saturated rings. The lowest BCUT2D eigenvalue weighted by Gasteiger charge is -2.28. The van der Waals surface area contributed by atoms with Gasteiger partial charge in [0.1, 0.15) is 48.3 Å². The number of aromatic amines is 3. The van der Waals surface area contributed by atoms with E-state index in [1.165, 1.54) is 37.6 Å². The largest absolute Gasteiger partial charge is 0.480 e. The molecule has 8 amide bonds. The van der Waals surface area contributed by atoms with Crippen LogP contribution in [0.3, 0.4) is 0 Å². The van der Waals surface area contributed by atoms with Gasteiger partial charge in [-0.25, -0.2) is 19.7 Å². The molecule has 0 saturated carbocycles. The Labute approximate surface area is 557 Å². The maximum absolute atomic E-state index is 14.9. The van der Waals surface area contributed by atoms with E-state index in [9.17, 15) is 48.3 Å². The second kappa shape index (κ2) is 43.4. The second-order valence-corrected chi connectivity index (χ2v) is 22.0. The number of aromatic nitrogens is 6. The molecule has 0 radical (unpaired) electrons. The van der Waals surface area contributed by atoms with Crippen molar-refractivity contribution in [3.05, 3.63) is 54.7 Å². The van der Waals surface area contributed by atoms with Crippen LogP contribution in [0.1, 0.15) is 94.1 Å². The van der Waals surface area contributed by atoms with E-state index in [4.69, 9.17) is 74.5 Å². The number of guanidine groups is 6. The van der Waals surface area contributed by atoms with Gasteiger partial charge in [-0.3, -0.25) is 68.3 Å². The highest BCUT2D eigenvalue weighted by atomic mass is 16.4. The molecule has 3 aromatic rings. The minimum Gasteiger partial charge on any atom is -0.480 e. The number of hydrogen-bond acceptors (Lipinski definition) is 19. The number of nitrogens with one attached hydrogen (secondary N) is 11. The molecule has 3 rings (SSSR count). The van der Waals surface area contributed by atoms with Crippen molar-refractivity contribution in [1.82, 2.24) is 72.4 Å². The van der Waals surface area contributed by atoms with Gasteiger partial charge in [0.25, 0.3) is 0 Å². The van der Waals surface area contributed by atoms with Crippen LogP contribution in [0.4, 0.5) is 0 Å². The number of carbonyl (C=O) groups is 9. The van der Waals surface area contributed by atoms with Crippen molar-refractivity contribution in [3.63, 3.8) is 0 Å². The number of hydrogen-bond donors (Lipinski definition) is 25. The van der Waals surface area contributed by atoms with Crippen LogP contribution in [0.5, 0.6) is 0 Å². The SMILES string of the molecule is NC(N)=NCCC[C@H](NC(=O)[C@H](CCCN=C(N)N)NC(=O)[C@H](Cc1cnc[nH]1)NC(=O)[C@H](CCCN=C(N)N)NC(=O)[C@H](CCCN=C(N)N)NC(=O)[C@H](Cc1cnc[nH]1)NC(=O)[C@H](Cc1cnc[nH]1)NC(=O)[C@H](CCCN=C(N)N)NC(=O)[C@@H](N)CCCN=C(N)N)C(=O)O. The molecular formula is C54H95N33O10. The minimum absolute atomic E-state index is 0.00182. The standard InChI is InChI=1S/C54H95N33O10/c55-31(7-1-13-71-49(56)57)40(88)80-32(8-2-14-72-50(58)59)43(91)86-39(21-30-24-70-27-79-30)47(95)87-38(20-29-23-69-26-78-29)46(94)82-33(9-3-15-73-51(60)61)41(89)81-35(11-5-17-75-53(64)65)44(92)85-37(19-28-22-68-25-77-28)45(93)83-34(10-4-16-74-52(62)63)42(90)84-36(48(96)97)12-6-18-76-54(66)67/h22-27,31-39H,1-21,55H2,(H,68,77)(H,69,78)(H,70,79)(H,80,88)(H,81,89)(H,82,94)(H,83,93)(H,84,90)(H,85,92)(H,86,91)(H,87,95)(H,96,97)(H4,56,57,71)(H4,58,59,72)(H4,60,61,73)(H4,62,63,74)(H4,64,65,75)(H4,66,67,76)/t31-,32-,33-,34-,35-,36-,37-,38-,39-/m0/s1. The molecule has 9 atom stereocenters. The number of carbonyl (C=O) groups excluding carboxylic acids is 8. The molecule has 0 aliphatic carbocycles. The number of carboxylic acid groups (broad SMARTS) is 1. The van der Waals surface area contributed by atoms with Gasteiger partial charge in [0.05, 0.1) is 25.0 Å². The summed E-state index contributed by atoms with van der Waals surface area (Å²) in [6, 6.07) is -13.0. The molecule has 3 heterocycles. The van der Waals surface area contributed by atoms with Gasteiger partial charge < -0.3 is 137 Å². The van der Waals surface area contributed by atoms with Crippen molar-refractivity contribution in [2.75, 3.05) is 39.3 Å². The lowest BCUT2D eigenvalue weighted by Crippen LogP contribution is -2.61. The zero-order valence-electron chi connectivity index (χ0n) is 53.7. The first-order valence-electron chi connectivity index (χ1n) is 30.8. The average molecular weight is 1370 g/mol. The minimum atomic E-state index is -1.56. The Balaban J connectivity index is 2.06. The summed E-state index contributed by atoms with van der Waals surface area (Å²) in [7, 11) is 0. The van der Waals surface area contributed by atoms with Crippen molar-refractivity contribution in [3.8, 4) is 0 Å². The van der Waals surface area contributed by atoms with Crippen LogP contribution in [0, 0.1) is 0 Å². The predicted octanol–water partition coefficient (Wildman–Crippen LogP) is -10.5. The Hall–Kier alpha value is -11.6. The zero-order valence-corrected chi connectivity index (χ0v) is 53.7. The van der Waals surface area contributed by atoms with Gasteiger partial charge in [0.2, 0.25) is 47.3 Å². The molecule has 0 bridgehead atoms. The first kappa shape index (κ1) is 79.7. The van der Waals surface area contributed by atoms with Crippen molar-refractivity contribution < 1.29 is 48.3 Å². The molecule has 0 aliphatic heterocycles. The zero-order chi connectivity index (χ0) is 71.8. The molecule has 43 nitrogen and oxygen atoms in total. The summed E-state index contributed by atoms with van der Waals surface area (Å²) >= 11 is 0. The number of nitrogens with two attached hydrogens (primary N) is 13. The molecule has 97 heavy (non-hydrogen) atoms. The number of aliphatic carboxylic acids is 1. The van der Waals surface area contributed by atoms with Crippen LogP contribution >= 0.6 is 0 Å². The number of H-pyrrole nitrogens is 3. The van der Waals surface area contributed by atoms with Crippen molar-refractivity contribution >= 4 is 89.0 Å². The van der Waals surface area contributed by atoms with Crippen LogP contribution in [-0.4, -0.2) is 218 Å². The number of nitrogens with zero attached hydrogens (tertiary/aromatic N) is 9. The Morgan fingerprint density at radius 3 is 0.763 bits per heavy atom. The number of imidazole rings is 3. The van der Waals surface area contributed by atoms with Gasteiger partial charge in [-0.2, -0.15) is 0 Å². The lowest BCUT2D eigenvalue weighted by atomic mass is 10.0. The maximum Gasteiger partial charge on any atom is 0.326 e. The lowest BCUT2D eigenvalue weighted by molar-refractivity contribution is -0.142. The molecule has 536 valence electrons. The molecule has 0 unspecified atom stereocenters. The van der Waals surface area contributed by atoms with Crippen LogP contribution < -0.4 is 117 Å². The Morgan fingerprint density at radius 2 is 0.536 bits per heavy atom. The number of rotatable bonds is 47. The third kappa shape index (κ3) is 33.2. The van der Waals surface area contributed by atoms with E-state index in [1.54, 1.807) is 0 Å². The van der Waals surface area contributed by atoms with E-state index in [1.807, 2.05) is 0 Å². The molecule has 0 spiro atoms. The molecule has 0 aromatic carbocycles. The third-order valence-corrected chi connectivity index (χ3v) is 14.0. The summed E-state index contributed by atoms with van der Waals surface area (Å²) in [5.74, 6) is -10.0. The van der Waals surface area contributed by atoms with Crippen molar-refractivity contribution in [1.29, 1.82) is 0 Å². The highest BCUT2D eigenvalue weighted by Gasteiger charge is 2.36. The van der Waals surface area contributed by atoms with E-state index in [0.29, 0.717) is 23.5 Å². The third-order valence-electron chi connectivity index (χ3n) is 14.0. The number of amides is 8. The average Bonchev–Trinajstić information content (AvgIpc) is 1.37. The normalized spacial score (nSPS) is 13.6. The molecule has 0 aliphatic rings. The van der Waals surface area contributed by atoms with Crippen molar-refractivity contribution in [2.45, 2.75) is 151 Å². The topological polar surface area (TPSA) is 769 Å². The van der Waals surface area contributed by atoms with E-state index >= 15 is 0 Å². The van der Waals surface area contributed by atoms with Gasteiger partial charge in [-0.05, 0) is 77.0 Å². The molecular weight excluding hydrogens is 1270 g/mol. The van der Waals surface area contributed by atoms with Crippen LogP contribution in [0.15, 0.2) is 67.5 Å². The highest BCUT2D eigenvalue weighted by molar-refractivity contribution is 5.98. The van der Waals surface area contributed by atoms with Crippen LogP contribution in [0.25, 0.3) is 0 Å². The molecule has 43 heteroatoms. The summed E-state index contributed by atoms with van der Waals surface area (Å²) in [6.07, 6.45) is 7.53. The molecule has 3 aromatic heterocycles. The Bertz CT molecular complexity index is 3130. The summed E-state index contributed by atoms with van der Waals surface area (Å²) in [5.41, 5.74) is 73.3. The summed E-state index contributed by atoms with van der Waals surface area (Å²) in [5, 5.41) is 31.1. The fraction of sp³-hybridized carbons (Fsp3) is 0.556. The van der Waals surface area contributed by atoms with Gasteiger partial charge in [0, 0.05) is 94.2 Å². The molecule has 38 N–H and O–H groups in total. The van der Waals surface area contributed by atoms with Gasteiger partial charge in [-0.1, -0.05) is 0 Å². The van der Waals surface area contributed by atoms with Gasteiger partial charge in [0.15, 0.2) is 35.8 Å². The molecule has 0 saturated heterocycles.